The first kappa shape index (κ1) is 25.3. The zero-order valence-corrected chi connectivity index (χ0v) is 21.1. The van der Waals surface area contributed by atoms with Crippen molar-refractivity contribution in [1.82, 2.24) is 30.3 Å². The number of ether oxygens (including phenoxy) is 2. The van der Waals surface area contributed by atoms with E-state index >= 15 is 0 Å². The van der Waals surface area contributed by atoms with E-state index in [1.807, 2.05) is 18.5 Å². The average molecular weight is 535 g/mol. The zero-order valence-electron chi connectivity index (χ0n) is 18.8. The highest BCUT2D eigenvalue weighted by atomic mass is 127. The van der Waals surface area contributed by atoms with Crippen LogP contribution in [0.5, 0.6) is 0 Å². The standard InChI is InChI=1S/C20H37N7O2.HI/c1-15(2)18(27-7-10-28-11-8-27)13-22-20(21-12-17-6-5-9-29-17)23-14-19-25-24-16(3)26(19)4;/h15,17-18H,5-14H2,1-4H3,(H2,21,22,23);1H. The summed E-state index contributed by atoms with van der Waals surface area (Å²) >= 11 is 0. The number of hydrogen-bond donors (Lipinski definition) is 2. The van der Waals surface area contributed by atoms with Crippen LogP contribution >= 0.6 is 24.0 Å². The summed E-state index contributed by atoms with van der Waals surface area (Å²) in [5, 5.41) is 15.4. The molecule has 0 spiro atoms. The first-order valence-corrected chi connectivity index (χ1v) is 10.8. The highest BCUT2D eigenvalue weighted by Crippen LogP contribution is 2.13. The van der Waals surface area contributed by atoms with Crippen LogP contribution in [0.25, 0.3) is 0 Å². The molecule has 0 aliphatic carbocycles. The molecule has 2 fully saturated rings. The van der Waals surface area contributed by atoms with E-state index in [9.17, 15) is 0 Å². The van der Waals surface area contributed by atoms with Gasteiger partial charge < -0.3 is 24.7 Å². The van der Waals surface area contributed by atoms with Crippen LogP contribution in [-0.4, -0.2) is 83.8 Å². The van der Waals surface area contributed by atoms with Crippen LogP contribution in [0.3, 0.4) is 0 Å². The fraction of sp³-hybridized carbons (Fsp3) is 0.850. The van der Waals surface area contributed by atoms with Gasteiger partial charge in [-0.3, -0.25) is 4.90 Å². The van der Waals surface area contributed by atoms with Crippen molar-refractivity contribution in [3.63, 3.8) is 0 Å². The summed E-state index contributed by atoms with van der Waals surface area (Å²) in [6.45, 7) is 13.1. The van der Waals surface area contributed by atoms with Crippen molar-refractivity contribution in [3.8, 4) is 0 Å². The minimum atomic E-state index is 0. The Morgan fingerprint density at radius 1 is 1.20 bits per heavy atom. The molecule has 1 aromatic heterocycles. The Hall–Kier alpha value is -0.980. The Labute approximate surface area is 197 Å². The van der Waals surface area contributed by atoms with Crippen LogP contribution < -0.4 is 10.6 Å². The maximum atomic E-state index is 5.75. The average Bonchev–Trinajstić information content (AvgIpc) is 3.35. The third-order valence-corrected chi connectivity index (χ3v) is 5.85. The van der Waals surface area contributed by atoms with Gasteiger partial charge in [0.15, 0.2) is 11.8 Å². The maximum Gasteiger partial charge on any atom is 0.191 e. The number of hydrogen-bond acceptors (Lipinski definition) is 6. The van der Waals surface area contributed by atoms with Crippen LogP contribution in [-0.2, 0) is 23.1 Å². The van der Waals surface area contributed by atoms with E-state index < -0.39 is 0 Å². The summed E-state index contributed by atoms with van der Waals surface area (Å²) in [4.78, 5) is 7.30. The van der Waals surface area contributed by atoms with E-state index in [-0.39, 0.29) is 30.1 Å². The molecule has 2 atom stereocenters. The van der Waals surface area contributed by atoms with Crippen LogP contribution in [0.4, 0.5) is 0 Å². The van der Waals surface area contributed by atoms with E-state index in [0.29, 0.717) is 18.5 Å². The number of nitrogens with zero attached hydrogens (tertiary/aromatic N) is 5. The molecule has 2 saturated heterocycles. The van der Waals surface area contributed by atoms with Gasteiger partial charge in [0.25, 0.3) is 0 Å². The van der Waals surface area contributed by atoms with E-state index in [1.54, 1.807) is 0 Å². The maximum absolute atomic E-state index is 5.75. The summed E-state index contributed by atoms with van der Waals surface area (Å²) in [5.74, 6) is 3.10. The van der Waals surface area contributed by atoms with Crippen LogP contribution in [0.15, 0.2) is 4.99 Å². The summed E-state index contributed by atoms with van der Waals surface area (Å²) in [6, 6.07) is 0.436. The molecule has 3 rings (SSSR count). The van der Waals surface area contributed by atoms with Gasteiger partial charge >= 0.3 is 0 Å². The molecule has 2 aliphatic rings. The van der Waals surface area contributed by atoms with Gasteiger partial charge in [-0.05, 0) is 25.7 Å². The fourth-order valence-electron chi connectivity index (χ4n) is 3.83. The molecular formula is C20H38IN7O2. The molecule has 2 N–H and O–H groups in total. The zero-order chi connectivity index (χ0) is 20.6. The van der Waals surface area contributed by atoms with E-state index in [2.05, 4.69) is 39.6 Å². The Morgan fingerprint density at radius 3 is 2.57 bits per heavy atom. The van der Waals surface area contributed by atoms with E-state index in [4.69, 9.17) is 14.5 Å². The molecule has 0 saturated carbocycles. The van der Waals surface area contributed by atoms with Gasteiger partial charge in [0.05, 0.1) is 19.3 Å². The van der Waals surface area contributed by atoms with Gasteiger partial charge in [-0.1, -0.05) is 13.8 Å². The van der Waals surface area contributed by atoms with Crippen molar-refractivity contribution in [2.24, 2.45) is 18.0 Å². The molecule has 10 heteroatoms. The van der Waals surface area contributed by atoms with Crippen molar-refractivity contribution >= 4 is 29.9 Å². The normalized spacial score (nSPS) is 21.5. The number of rotatable bonds is 8. The summed E-state index contributed by atoms with van der Waals surface area (Å²) in [6.07, 6.45) is 2.50. The molecule has 172 valence electrons. The molecule has 2 unspecified atom stereocenters. The molecule has 1 aromatic rings. The van der Waals surface area contributed by atoms with E-state index in [0.717, 1.165) is 76.4 Å². The van der Waals surface area contributed by atoms with Gasteiger partial charge in [-0.25, -0.2) is 4.99 Å². The Balaban J connectivity index is 0.00000320. The van der Waals surface area contributed by atoms with Gasteiger partial charge in [0.1, 0.15) is 12.4 Å². The first-order chi connectivity index (χ1) is 14.0. The molecule has 0 radical (unpaired) electrons. The van der Waals surface area contributed by atoms with Crippen molar-refractivity contribution in [3.05, 3.63) is 11.6 Å². The second kappa shape index (κ2) is 12.8. The fourth-order valence-corrected chi connectivity index (χ4v) is 3.83. The van der Waals surface area contributed by atoms with Crippen molar-refractivity contribution in [2.45, 2.75) is 52.3 Å². The quantitative estimate of drug-likeness (QED) is 0.295. The second-order valence-electron chi connectivity index (χ2n) is 8.24. The first-order valence-electron chi connectivity index (χ1n) is 10.8. The number of morpholine rings is 1. The number of aryl methyl sites for hydroxylation is 1. The lowest BCUT2D eigenvalue weighted by molar-refractivity contribution is 0.00750. The largest absolute Gasteiger partial charge is 0.379 e. The lowest BCUT2D eigenvalue weighted by Crippen LogP contribution is -2.53. The minimum absolute atomic E-state index is 0. The number of nitrogens with one attached hydrogen (secondary N) is 2. The molecule has 30 heavy (non-hydrogen) atoms. The molecule has 0 aromatic carbocycles. The predicted molar refractivity (Wildman–Crippen MR) is 128 cm³/mol. The number of aliphatic imine (C=N–C) groups is 1. The summed E-state index contributed by atoms with van der Waals surface area (Å²) < 4.78 is 13.3. The second-order valence-corrected chi connectivity index (χ2v) is 8.24. The van der Waals surface area contributed by atoms with Crippen LogP contribution in [0, 0.1) is 12.8 Å². The van der Waals surface area contributed by atoms with Crippen molar-refractivity contribution in [1.29, 1.82) is 0 Å². The van der Waals surface area contributed by atoms with E-state index in [1.165, 1.54) is 0 Å². The third kappa shape index (κ3) is 7.31. The molecule has 0 bridgehead atoms. The van der Waals surface area contributed by atoms with Gasteiger partial charge in [0, 0.05) is 45.9 Å². The molecular weight excluding hydrogens is 497 g/mol. The molecule has 3 heterocycles. The van der Waals surface area contributed by atoms with Gasteiger partial charge in [-0.2, -0.15) is 0 Å². The lowest BCUT2D eigenvalue weighted by Gasteiger charge is -2.37. The SMILES string of the molecule is Cc1nnc(CN=C(NCC2CCCO2)NCC(C(C)C)N2CCOCC2)n1C.I. The molecule has 9 nitrogen and oxygen atoms in total. The lowest BCUT2D eigenvalue weighted by atomic mass is 10.0. The van der Waals surface area contributed by atoms with Crippen LogP contribution in [0.2, 0.25) is 0 Å². The Bertz CT molecular complexity index is 656. The highest BCUT2D eigenvalue weighted by Gasteiger charge is 2.24. The summed E-state index contributed by atoms with van der Waals surface area (Å²) in [5.41, 5.74) is 0. The molecule has 2 aliphatic heterocycles. The Kier molecular flexibility index (Phi) is 10.8. The van der Waals surface area contributed by atoms with Gasteiger partial charge in [0.2, 0.25) is 0 Å². The number of aromatic nitrogens is 3. The minimum Gasteiger partial charge on any atom is -0.379 e. The molecule has 0 amide bonds. The topological polar surface area (TPSA) is 88.8 Å². The van der Waals surface area contributed by atoms with Gasteiger partial charge in [-0.15, -0.1) is 34.2 Å². The Morgan fingerprint density at radius 2 is 1.97 bits per heavy atom. The number of halogens is 1. The third-order valence-electron chi connectivity index (χ3n) is 5.85. The summed E-state index contributed by atoms with van der Waals surface area (Å²) in [7, 11) is 1.97. The predicted octanol–water partition coefficient (Wildman–Crippen LogP) is 1.31. The van der Waals surface area contributed by atoms with Crippen LogP contribution in [0.1, 0.15) is 38.3 Å². The smallest absolute Gasteiger partial charge is 0.191 e. The number of guanidine groups is 1. The van der Waals surface area contributed by atoms with Crippen molar-refractivity contribution < 1.29 is 9.47 Å². The van der Waals surface area contributed by atoms with Crippen molar-refractivity contribution in [2.75, 3.05) is 46.0 Å². The highest BCUT2D eigenvalue weighted by molar-refractivity contribution is 14.0. The monoisotopic (exact) mass is 535 g/mol.